The van der Waals surface area contributed by atoms with Gasteiger partial charge in [-0.25, -0.2) is 4.39 Å². The minimum atomic E-state index is -3.60. The Morgan fingerprint density at radius 3 is 2.17 bits per heavy atom. The Labute approximate surface area is 276 Å². The summed E-state index contributed by atoms with van der Waals surface area (Å²) in [6.45, 7) is 7.97. The van der Waals surface area contributed by atoms with Crippen molar-refractivity contribution >= 4 is 29.3 Å². The van der Waals surface area contributed by atoms with E-state index in [9.17, 15) is 19.2 Å². The molecule has 9 nitrogen and oxygen atoms in total. The van der Waals surface area contributed by atoms with Gasteiger partial charge in [-0.15, -0.1) is 0 Å². The number of nitrogens with one attached hydrogen (secondary N) is 3. The first-order valence-electron chi connectivity index (χ1n) is 17.4. The number of amides is 4. The van der Waals surface area contributed by atoms with Crippen LogP contribution in [0.4, 0.5) is 18.9 Å². The number of hydrogen-bond acceptors (Lipinski definition) is 5. The number of likely N-dealkylation sites (N-methyl/N-ethyl adjacent to an activating group) is 1. The van der Waals surface area contributed by atoms with Crippen LogP contribution in [-0.4, -0.2) is 84.7 Å². The van der Waals surface area contributed by atoms with Crippen molar-refractivity contribution in [2.24, 2.45) is 17.8 Å². The van der Waals surface area contributed by atoms with Crippen molar-refractivity contribution in [1.82, 2.24) is 20.4 Å². The molecule has 0 radical (unpaired) electrons. The zero-order valence-electron chi connectivity index (χ0n) is 28.3. The van der Waals surface area contributed by atoms with Crippen molar-refractivity contribution in [2.75, 3.05) is 38.5 Å². The third-order valence-electron chi connectivity index (χ3n) is 10.5. The molecule has 1 unspecified atom stereocenters. The van der Waals surface area contributed by atoms with Crippen LogP contribution in [0.15, 0.2) is 18.2 Å². The highest BCUT2D eigenvalue weighted by atomic mass is 19.3. The molecule has 47 heavy (non-hydrogen) atoms. The van der Waals surface area contributed by atoms with E-state index in [1.54, 1.807) is 24.8 Å². The molecule has 0 bridgehead atoms. The van der Waals surface area contributed by atoms with E-state index in [-0.39, 0.29) is 42.7 Å². The molecular weight excluding hydrogens is 611 g/mol. The SMILES string of the molecule is CCC(=O)N[C@@H](C(=O)N1CCN(C)CC1)[C@@H](C)c1ccc(NC(=O)C(NC(=O)C(F)(F)C2CCCCC2)C2CCC(C)CC2)c(F)c1. The van der Waals surface area contributed by atoms with E-state index in [4.69, 9.17) is 0 Å². The fourth-order valence-electron chi connectivity index (χ4n) is 7.12. The fourth-order valence-corrected chi connectivity index (χ4v) is 7.12. The molecule has 1 aromatic rings. The number of rotatable bonds is 11. The average Bonchev–Trinajstić information content (AvgIpc) is 3.07. The maximum atomic E-state index is 15.6. The van der Waals surface area contributed by atoms with Gasteiger partial charge in [0, 0.05) is 44.4 Å². The predicted molar refractivity (Wildman–Crippen MR) is 174 cm³/mol. The molecule has 1 aliphatic heterocycles. The van der Waals surface area contributed by atoms with E-state index in [0.717, 1.165) is 19.3 Å². The lowest BCUT2D eigenvalue weighted by Gasteiger charge is -2.36. The zero-order chi connectivity index (χ0) is 34.3. The van der Waals surface area contributed by atoms with Gasteiger partial charge in [-0.05, 0) is 62.3 Å². The Bertz CT molecular complexity index is 1260. The summed E-state index contributed by atoms with van der Waals surface area (Å²) in [6.07, 6.45) is 5.62. The summed E-state index contributed by atoms with van der Waals surface area (Å²) in [5.41, 5.74) is 0.288. The van der Waals surface area contributed by atoms with Crippen LogP contribution in [0.25, 0.3) is 0 Å². The van der Waals surface area contributed by atoms with Gasteiger partial charge in [0.25, 0.3) is 5.91 Å². The molecular formula is C35H52F3N5O4. The Kier molecular flexibility index (Phi) is 12.7. The quantitative estimate of drug-likeness (QED) is 0.307. The second-order valence-electron chi connectivity index (χ2n) is 14.0. The maximum Gasteiger partial charge on any atom is 0.327 e. The van der Waals surface area contributed by atoms with Crippen molar-refractivity contribution < 1.29 is 32.3 Å². The van der Waals surface area contributed by atoms with Crippen LogP contribution in [0.2, 0.25) is 0 Å². The molecule has 2 aliphatic carbocycles. The minimum Gasteiger partial charge on any atom is -0.344 e. The van der Waals surface area contributed by atoms with Crippen LogP contribution in [0.1, 0.15) is 96.5 Å². The second kappa shape index (κ2) is 16.3. The lowest BCUT2D eigenvalue weighted by Crippen LogP contribution is -2.55. The van der Waals surface area contributed by atoms with E-state index in [2.05, 4.69) is 27.8 Å². The molecule has 1 heterocycles. The van der Waals surface area contributed by atoms with Crippen molar-refractivity contribution in [3.05, 3.63) is 29.6 Å². The van der Waals surface area contributed by atoms with E-state index in [1.807, 2.05) is 7.05 Å². The van der Waals surface area contributed by atoms with Crippen LogP contribution in [-0.2, 0) is 19.2 Å². The van der Waals surface area contributed by atoms with Crippen molar-refractivity contribution in [3.8, 4) is 0 Å². The number of alkyl halides is 2. The van der Waals surface area contributed by atoms with Gasteiger partial charge in [0.2, 0.25) is 17.7 Å². The molecule has 2 saturated carbocycles. The summed E-state index contributed by atoms with van der Waals surface area (Å²) in [4.78, 5) is 56.3. The summed E-state index contributed by atoms with van der Waals surface area (Å²) in [7, 11) is 1.97. The second-order valence-corrected chi connectivity index (χ2v) is 14.0. The fraction of sp³-hybridized carbons (Fsp3) is 0.714. The molecule has 262 valence electrons. The molecule has 12 heteroatoms. The van der Waals surface area contributed by atoms with Crippen LogP contribution in [0, 0.1) is 23.6 Å². The van der Waals surface area contributed by atoms with Gasteiger partial charge in [0.05, 0.1) is 5.69 Å². The zero-order valence-corrected chi connectivity index (χ0v) is 28.3. The van der Waals surface area contributed by atoms with E-state index < -0.39 is 47.5 Å². The van der Waals surface area contributed by atoms with Gasteiger partial charge >= 0.3 is 5.92 Å². The van der Waals surface area contributed by atoms with E-state index in [1.165, 1.54) is 12.1 Å². The number of hydrogen-bond donors (Lipinski definition) is 3. The first-order chi connectivity index (χ1) is 22.3. The predicted octanol–water partition coefficient (Wildman–Crippen LogP) is 5.06. The van der Waals surface area contributed by atoms with Crippen molar-refractivity contribution in [1.29, 1.82) is 0 Å². The monoisotopic (exact) mass is 663 g/mol. The number of benzene rings is 1. The van der Waals surface area contributed by atoms with Gasteiger partial charge < -0.3 is 25.8 Å². The summed E-state index contributed by atoms with van der Waals surface area (Å²) in [5, 5.41) is 7.74. The Balaban J connectivity index is 1.51. The highest BCUT2D eigenvalue weighted by Gasteiger charge is 2.49. The summed E-state index contributed by atoms with van der Waals surface area (Å²) in [6, 6.07) is 2.02. The number of anilines is 1. The molecule has 0 aromatic heterocycles. The lowest BCUT2D eigenvalue weighted by molar-refractivity contribution is -0.158. The Morgan fingerprint density at radius 2 is 1.57 bits per heavy atom. The normalized spacial score (nSPS) is 23.3. The third kappa shape index (κ3) is 9.27. The molecule has 1 saturated heterocycles. The average molecular weight is 664 g/mol. The molecule has 3 atom stereocenters. The molecule has 4 amide bonds. The van der Waals surface area contributed by atoms with E-state index in [0.29, 0.717) is 63.3 Å². The van der Waals surface area contributed by atoms with Gasteiger partial charge in [-0.3, -0.25) is 19.2 Å². The largest absolute Gasteiger partial charge is 0.344 e. The number of carbonyl (C=O) groups is 4. The topological polar surface area (TPSA) is 111 Å². The van der Waals surface area contributed by atoms with Crippen LogP contribution in [0.3, 0.4) is 0 Å². The highest BCUT2D eigenvalue weighted by Crippen LogP contribution is 2.38. The van der Waals surface area contributed by atoms with Gasteiger partial charge in [0.15, 0.2) is 0 Å². The Hall–Kier alpha value is -3.15. The number of nitrogens with zero attached hydrogens (tertiary/aromatic N) is 2. The van der Waals surface area contributed by atoms with Crippen molar-refractivity contribution in [3.63, 3.8) is 0 Å². The van der Waals surface area contributed by atoms with Crippen LogP contribution >= 0.6 is 0 Å². The van der Waals surface area contributed by atoms with Crippen LogP contribution < -0.4 is 16.0 Å². The first kappa shape index (κ1) is 36.7. The van der Waals surface area contributed by atoms with Gasteiger partial charge in [-0.1, -0.05) is 58.9 Å². The molecule has 3 aliphatic rings. The van der Waals surface area contributed by atoms with Gasteiger partial charge in [-0.2, -0.15) is 8.78 Å². The molecule has 1 aromatic carbocycles. The summed E-state index contributed by atoms with van der Waals surface area (Å²) < 4.78 is 46.1. The van der Waals surface area contributed by atoms with Crippen molar-refractivity contribution in [2.45, 2.75) is 109 Å². The van der Waals surface area contributed by atoms with Crippen LogP contribution in [0.5, 0.6) is 0 Å². The molecule has 3 N–H and O–H groups in total. The molecule has 0 spiro atoms. The Morgan fingerprint density at radius 1 is 0.936 bits per heavy atom. The van der Waals surface area contributed by atoms with Gasteiger partial charge in [0.1, 0.15) is 17.9 Å². The molecule has 4 rings (SSSR count). The highest BCUT2D eigenvalue weighted by molar-refractivity contribution is 5.98. The summed E-state index contributed by atoms with van der Waals surface area (Å²) in [5.74, 6) is -8.68. The van der Waals surface area contributed by atoms with E-state index >= 15 is 13.2 Å². The maximum absolute atomic E-state index is 15.6. The summed E-state index contributed by atoms with van der Waals surface area (Å²) >= 11 is 0. The third-order valence-corrected chi connectivity index (χ3v) is 10.5. The molecule has 3 fully saturated rings. The number of piperazine rings is 1. The lowest BCUT2D eigenvalue weighted by atomic mass is 9.78. The smallest absolute Gasteiger partial charge is 0.327 e. The number of halogens is 3. The first-order valence-corrected chi connectivity index (χ1v) is 17.4. The minimum absolute atomic E-state index is 0.159. The standard InChI is InChI=1S/C35H52F3N5O4/c1-5-29(44)40-30(33(46)43-19-17-42(4)18-20-43)23(3)25-15-16-28(27(36)21-25)39-32(45)31(24-13-11-22(2)12-14-24)41-34(47)35(37,38)26-9-7-6-8-10-26/h15-16,21-24,26,30-31H,5-14,17-20H2,1-4H3,(H,39,45)(H,40,44)(H,41,47)/t22?,23-,24?,30+,31?/m0/s1. The number of carbonyl (C=O) groups excluding carboxylic acids is 4.